The van der Waals surface area contributed by atoms with Crippen LogP contribution in [-0.2, 0) is 14.3 Å². The van der Waals surface area contributed by atoms with Gasteiger partial charge in [0, 0.05) is 25.5 Å². The summed E-state index contributed by atoms with van der Waals surface area (Å²) in [5.74, 6) is 0.103. The van der Waals surface area contributed by atoms with Gasteiger partial charge in [-0.05, 0) is 27.2 Å². The highest BCUT2D eigenvalue weighted by atomic mass is 16.5. The third-order valence-corrected chi connectivity index (χ3v) is 2.94. The molecule has 0 rings (SSSR count). The van der Waals surface area contributed by atoms with Crippen molar-refractivity contribution >= 4 is 11.7 Å². The Labute approximate surface area is 118 Å². The molecule has 0 spiro atoms. The molecule has 0 aromatic rings. The number of carbonyl (C=O) groups excluding carboxylic acids is 2. The van der Waals surface area contributed by atoms with Crippen molar-refractivity contribution in [2.75, 3.05) is 13.2 Å². The first-order valence-electron chi connectivity index (χ1n) is 6.96. The van der Waals surface area contributed by atoms with E-state index in [0.717, 1.165) is 0 Å². The molecule has 0 aliphatic rings. The van der Waals surface area contributed by atoms with E-state index in [-0.39, 0.29) is 17.1 Å². The first kappa shape index (κ1) is 20.4. The Bertz CT molecular complexity index is 283. The number of nitrogens with one attached hydrogen (secondary N) is 1. The van der Waals surface area contributed by atoms with Gasteiger partial charge in [0.15, 0.2) is 0 Å². The van der Waals surface area contributed by atoms with Gasteiger partial charge in [0.25, 0.3) is 0 Å². The lowest BCUT2D eigenvalue weighted by Crippen LogP contribution is -2.40. The molecule has 0 unspecified atom stereocenters. The molecule has 0 heterocycles. The molecule has 0 fully saturated rings. The van der Waals surface area contributed by atoms with Gasteiger partial charge in [-0.15, -0.1) is 0 Å². The van der Waals surface area contributed by atoms with Crippen LogP contribution in [-0.4, -0.2) is 30.4 Å². The van der Waals surface area contributed by atoms with E-state index in [9.17, 15) is 9.59 Å². The van der Waals surface area contributed by atoms with Crippen LogP contribution < -0.4 is 5.32 Å². The topological polar surface area (TPSA) is 55.4 Å². The molecule has 4 nitrogen and oxygen atoms in total. The summed E-state index contributed by atoms with van der Waals surface area (Å²) in [6.07, 6.45) is 0.686. The Balaban J connectivity index is 0. The smallest absolute Gasteiger partial charge is 0.216 e. The molecule has 19 heavy (non-hydrogen) atoms. The SMILES string of the molecule is CC.CC(=O)NCC(C)(C)OCCC(C)(C)C(C)=O. The summed E-state index contributed by atoms with van der Waals surface area (Å²) < 4.78 is 5.70. The van der Waals surface area contributed by atoms with E-state index >= 15 is 0 Å². The van der Waals surface area contributed by atoms with Gasteiger partial charge in [-0.3, -0.25) is 9.59 Å². The zero-order chi connectivity index (χ0) is 15.7. The average Bonchev–Trinajstić information content (AvgIpc) is 2.28. The monoisotopic (exact) mass is 273 g/mol. The Morgan fingerprint density at radius 2 is 1.53 bits per heavy atom. The Kier molecular flexibility index (Phi) is 9.75. The van der Waals surface area contributed by atoms with E-state index in [0.29, 0.717) is 19.6 Å². The minimum Gasteiger partial charge on any atom is -0.374 e. The lowest BCUT2D eigenvalue weighted by Gasteiger charge is -2.28. The summed E-state index contributed by atoms with van der Waals surface area (Å²) in [6, 6.07) is 0. The van der Waals surface area contributed by atoms with Gasteiger partial charge in [0.05, 0.1) is 5.60 Å². The number of carbonyl (C=O) groups is 2. The summed E-state index contributed by atoms with van der Waals surface area (Å²) in [4.78, 5) is 22.1. The van der Waals surface area contributed by atoms with Crippen molar-refractivity contribution in [2.45, 2.75) is 67.4 Å². The first-order chi connectivity index (χ1) is 8.57. The van der Waals surface area contributed by atoms with Crippen molar-refractivity contribution in [3.8, 4) is 0 Å². The highest BCUT2D eigenvalue weighted by molar-refractivity contribution is 5.81. The Morgan fingerprint density at radius 1 is 1.05 bits per heavy atom. The molecule has 1 N–H and O–H groups in total. The lowest BCUT2D eigenvalue weighted by atomic mass is 9.86. The number of ether oxygens (including phenoxy) is 1. The van der Waals surface area contributed by atoms with E-state index in [2.05, 4.69) is 5.32 Å². The summed E-state index contributed by atoms with van der Waals surface area (Å²) >= 11 is 0. The first-order valence-corrected chi connectivity index (χ1v) is 6.96. The summed E-state index contributed by atoms with van der Waals surface area (Å²) in [7, 11) is 0. The van der Waals surface area contributed by atoms with Gasteiger partial charge in [-0.2, -0.15) is 0 Å². The van der Waals surface area contributed by atoms with Crippen molar-refractivity contribution in [1.82, 2.24) is 5.32 Å². The van der Waals surface area contributed by atoms with Gasteiger partial charge in [0.1, 0.15) is 5.78 Å². The van der Waals surface area contributed by atoms with E-state index in [1.54, 1.807) is 6.92 Å². The van der Waals surface area contributed by atoms with Crippen LogP contribution in [0.15, 0.2) is 0 Å². The van der Waals surface area contributed by atoms with Crippen molar-refractivity contribution < 1.29 is 14.3 Å². The fourth-order valence-corrected chi connectivity index (χ4v) is 1.15. The second kappa shape index (κ2) is 9.08. The molecule has 0 radical (unpaired) electrons. The molecular formula is C15H31NO3. The zero-order valence-corrected chi connectivity index (χ0v) is 13.8. The second-order valence-corrected chi connectivity index (χ2v) is 5.71. The third kappa shape index (κ3) is 10.7. The fourth-order valence-electron chi connectivity index (χ4n) is 1.15. The normalized spacial score (nSPS) is 11.4. The highest BCUT2D eigenvalue weighted by Crippen LogP contribution is 2.22. The lowest BCUT2D eigenvalue weighted by molar-refractivity contribution is -0.126. The number of hydrogen-bond donors (Lipinski definition) is 1. The maximum absolute atomic E-state index is 11.3. The molecule has 0 saturated carbocycles. The quantitative estimate of drug-likeness (QED) is 0.776. The largest absolute Gasteiger partial charge is 0.374 e. The van der Waals surface area contributed by atoms with Crippen LogP contribution in [0.5, 0.6) is 0 Å². The standard InChI is InChI=1S/C13H25NO3.C2H6/c1-10(15)12(3,4)7-8-17-13(5,6)9-14-11(2)16;1-2/h7-9H2,1-6H3,(H,14,16);1-2H3. The van der Waals surface area contributed by atoms with E-state index in [4.69, 9.17) is 4.74 Å². The van der Waals surface area contributed by atoms with Crippen LogP contribution in [0.25, 0.3) is 0 Å². The molecule has 0 atom stereocenters. The Hall–Kier alpha value is -0.900. The predicted octanol–water partition coefficient (Wildman–Crippen LogP) is 2.95. The molecule has 0 bridgehead atoms. The van der Waals surface area contributed by atoms with Crippen LogP contribution in [0.2, 0.25) is 0 Å². The van der Waals surface area contributed by atoms with Crippen LogP contribution in [0.3, 0.4) is 0 Å². The molecule has 114 valence electrons. The summed E-state index contributed by atoms with van der Waals surface area (Å²) in [6.45, 7) is 15.7. The molecule has 0 saturated heterocycles. The summed E-state index contributed by atoms with van der Waals surface area (Å²) in [5, 5.41) is 2.73. The van der Waals surface area contributed by atoms with Crippen molar-refractivity contribution in [1.29, 1.82) is 0 Å². The van der Waals surface area contributed by atoms with Gasteiger partial charge >= 0.3 is 0 Å². The van der Waals surface area contributed by atoms with Crippen LogP contribution >= 0.6 is 0 Å². The minimum absolute atomic E-state index is 0.0641. The maximum Gasteiger partial charge on any atom is 0.216 e. The van der Waals surface area contributed by atoms with Crippen LogP contribution in [0, 0.1) is 5.41 Å². The third-order valence-electron chi connectivity index (χ3n) is 2.94. The van der Waals surface area contributed by atoms with Crippen molar-refractivity contribution in [3.05, 3.63) is 0 Å². The molecule has 0 aromatic carbocycles. The van der Waals surface area contributed by atoms with Crippen LogP contribution in [0.4, 0.5) is 0 Å². The van der Waals surface area contributed by atoms with Gasteiger partial charge < -0.3 is 10.1 Å². The molecular weight excluding hydrogens is 242 g/mol. The van der Waals surface area contributed by atoms with E-state index in [1.165, 1.54) is 6.92 Å². The van der Waals surface area contributed by atoms with Gasteiger partial charge in [-0.25, -0.2) is 0 Å². The van der Waals surface area contributed by atoms with Crippen molar-refractivity contribution in [3.63, 3.8) is 0 Å². The zero-order valence-electron chi connectivity index (χ0n) is 13.8. The van der Waals surface area contributed by atoms with Crippen LogP contribution in [0.1, 0.15) is 61.8 Å². The molecule has 0 aliphatic heterocycles. The second-order valence-electron chi connectivity index (χ2n) is 5.71. The molecule has 0 aliphatic carbocycles. The molecule has 1 amide bonds. The number of hydrogen-bond acceptors (Lipinski definition) is 3. The number of rotatable bonds is 7. The maximum atomic E-state index is 11.3. The summed E-state index contributed by atoms with van der Waals surface area (Å²) in [5.41, 5.74) is -0.747. The van der Waals surface area contributed by atoms with Crippen molar-refractivity contribution in [2.24, 2.45) is 5.41 Å². The molecule has 4 heteroatoms. The Morgan fingerprint density at radius 3 is 1.89 bits per heavy atom. The van der Waals surface area contributed by atoms with E-state index in [1.807, 2.05) is 41.5 Å². The number of ketones is 1. The van der Waals surface area contributed by atoms with Gasteiger partial charge in [-0.1, -0.05) is 27.7 Å². The van der Waals surface area contributed by atoms with Gasteiger partial charge in [0.2, 0.25) is 5.91 Å². The predicted molar refractivity (Wildman–Crippen MR) is 79.1 cm³/mol. The average molecular weight is 273 g/mol. The fraction of sp³-hybridized carbons (Fsp3) is 0.867. The number of amides is 1. The van der Waals surface area contributed by atoms with E-state index < -0.39 is 5.60 Å². The minimum atomic E-state index is -0.404. The number of Topliss-reactive ketones (excluding diaryl/α,β-unsaturated/α-hetero) is 1. The molecule has 0 aromatic heterocycles. The highest BCUT2D eigenvalue weighted by Gasteiger charge is 2.25.